The maximum atomic E-state index is 5.51. The molecule has 160 valence electrons. The number of benzene rings is 1. The molecule has 3 N–H and O–H groups in total. The van der Waals surface area contributed by atoms with Gasteiger partial charge in [-0.1, -0.05) is 30.3 Å². The van der Waals surface area contributed by atoms with E-state index in [1.807, 2.05) is 0 Å². The molecule has 1 saturated heterocycles. The Morgan fingerprint density at radius 2 is 1.87 bits per heavy atom. The first-order valence-electron chi connectivity index (χ1n) is 10.8. The van der Waals surface area contributed by atoms with Crippen LogP contribution in [-0.4, -0.2) is 56.9 Å². The summed E-state index contributed by atoms with van der Waals surface area (Å²) < 4.78 is 5.51. The van der Waals surface area contributed by atoms with Gasteiger partial charge < -0.3 is 19.9 Å². The first-order chi connectivity index (χ1) is 14.5. The lowest BCUT2D eigenvalue weighted by molar-refractivity contribution is -0.922. The Morgan fingerprint density at radius 1 is 1.13 bits per heavy atom. The third kappa shape index (κ3) is 4.81. The van der Waals surface area contributed by atoms with Gasteiger partial charge in [-0.3, -0.25) is 0 Å². The molecule has 4 rings (SSSR count). The van der Waals surface area contributed by atoms with Gasteiger partial charge in [0.2, 0.25) is 0 Å². The van der Waals surface area contributed by atoms with Crippen LogP contribution in [0.4, 0.5) is 5.82 Å². The van der Waals surface area contributed by atoms with Gasteiger partial charge in [-0.05, 0) is 25.0 Å². The van der Waals surface area contributed by atoms with Gasteiger partial charge in [0.15, 0.2) is 5.82 Å². The Bertz CT molecular complexity index is 982. The lowest BCUT2D eigenvalue weighted by Gasteiger charge is -2.24. The SMILES string of the molecule is Cc1sc2nc(C[NH+]3CCOCC3)nc(N[C@H](C[NH+](C)C)c3ccccc3)c2c1C. The van der Waals surface area contributed by atoms with Crippen molar-refractivity contribution in [2.75, 3.05) is 52.3 Å². The van der Waals surface area contributed by atoms with E-state index >= 15 is 0 Å². The highest BCUT2D eigenvalue weighted by Crippen LogP contribution is 2.34. The van der Waals surface area contributed by atoms with Gasteiger partial charge >= 0.3 is 0 Å². The van der Waals surface area contributed by atoms with Crippen LogP contribution in [0.3, 0.4) is 0 Å². The number of ether oxygens (including phenoxy) is 1. The number of aromatic nitrogens is 2. The Kier molecular flexibility index (Phi) is 6.63. The topological polar surface area (TPSA) is 55.9 Å². The summed E-state index contributed by atoms with van der Waals surface area (Å²) >= 11 is 1.78. The number of fused-ring (bicyclic) bond motifs is 1. The molecule has 2 aromatic heterocycles. The predicted octanol–water partition coefficient (Wildman–Crippen LogP) is 1.02. The normalized spacial score (nSPS) is 16.3. The van der Waals surface area contributed by atoms with Crippen molar-refractivity contribution < 1.29 is 14.5 Å². The largest absolute Gasteiger partial charge is 0.370 e. The van der Waals surface area contributed by atoms with Gasteiger partial charge in [-0.15, -0.1) is 11.3 Å². The minimum atomic E-state index is 0.192. The molecule has 0 bridgehead atoms. The maximum absolute atomic E-state index is 5.51. The first-order valence-corrected chi connectivity index (χ1v) is 11.6. The van der Waals surface area contributed by atoms with Crippen LogP contribution in [0.2, 0.25) is 0 Å². The van der Waals surface area contributed by atoms with Crippen LogP contribution in [0, 0.1) is 13.8 Å². The minimum absolute atomic E-state index is 0.192. The quantitative estimate of drug-likeness (QED) is 0.527. The van der Waals surface area contributed by atoms with Crippen LogP contribution < -0.4 is 15.1 Å². The van der Waals surface area contributed by atoms with E-state index in [1.54, 1.807) is 11.3 Å². The summed E-state index contributed by atoms with van der Waals surface area (Å²) in [5.41, 5.74) is 2.57. The third-order valence-electron chi connectivity index (χ3n) is 5.81. The van der Waals surface area contributed by atoms with Gasteiger partial charge in [0, 0.05) is 4.88 Å². The fourth-order valence-electron chi connectivity index (χ4n) is 4.05. The zero-order chi connectivity index (χ0) is 21.1. The number of anilines is 1. The lowest BCUT2D eigenvalue weighted by Crippen LogP contribution is -3.12. The summed E-state index contributed by atoms with van der Waals surface area (Å²) in [7, 11) is 4.39. The van der Waals surface area contributed by atoms with Gasteiger partial charge in [0.05, 0.1) is 32.7 Å². The highest BCUT2D eigenvalue weighted by Gasteiger charge is 2.22. The number of hydrogen-bond donors (Lipinski definition) is 3. The molecule has 0 saturated carbocycles. The number of aryl methyl sites for hydroxylation is 2. The highest BCUT2D eigenvalue weighted by molar-refractivity contribution is 7.18. The van der Waals surface area contributed by atoms with E-state index in [9.17, 15) is 0 Å². The molecule has 3 aromatic rings. The molecule has 1 fully saturated rings. The maximum Gasteiger partial charge on any atom is 0.187 e. The van der Waals surface area contributed by atoms with E-state index in [0.717, 1.165) is 55.9 Å². The lowest BCUT2D eigenvalue weighted by atomic mass is 10.1. The second kappa shape index (κ2) is 9.39. The number of rotatable bonds is 7. The van der Waals surface area contributed by atoms with Gasteiger partial charge in [0.25, 0.3) is 0 Å². The van der Waals surface area contributed by atoms with Gasteiger partial charge in [-0.25, -0.2) is 9.97 Å². The molecule has 0 unspecified atom stereocenters. The molecule has 0 radical (unpaired) electrons. The average Bonchev–Trinajstić information content (AvgIpc) is 3.02. The smallest absolute Gasteiger partial charge is 0.187 e. The van der Waals surface area contributed by atoms with Crippen LogP contribution in [0.15, 0.2) is 30.3 Å². The predicted molar refractivity (Wildman–Crippen MR) is 123 cm³/mol. The zero-order valence-corrected chi connectivity index (χ0v) is 19.2. The van der Waals surface area contributed by atoms with Crippen molar-refractivity contribution in [3.8, 4) is 0 Å². The van der Waals surface area contributed by atoms with Crippen molar-refractivity contribution in [1.29, 1.82) is 0 Å². The number of nitrogens with zero attached hydrogens (tertiary/aromatic N) is 2. The van der Waals surface area contributed by atoms with E-state index < -0.39 is 0 Å². The molecule has 1 aromatic carbocycles. The third-order valence-corrected chi connectivity index (χ3v) is 6.91. The molecule has 1 atom stereocenters. The number of quaternary nitrogens is 2. The van der Waals surface area contributed by atoms with Crippen molar-refractivity contribution in [1.82, 2.24) is 9.97 Å². The molecule has 30 heavy (non-hydrogen) atoms. The van der Waals surface area contributed by atoms with Crippen LogP contribution in [-0.2, 0) is 11.3 Å². The monoisotopic (exact) mass is 427 g/mol. The molecule has 0 aliphatic carbocycles. The Labute approximate surface area is 182 Å². The summed E-state index contributed by atoms with van der Waals surface area (Å²) in [6.07, 6.45) is 0. The van der Waals surface area contributed by atoms with Crippen molar-refractivity contribution in [2.45, 2.75) is 26.4 Å². The van der Waals surface area contributed by atoms with E-state index in [4.69, 9.17) is 14.7 Å². The molecular formula is C23H33N5OS+2. The number of likely N-dealkylation sites (N-methyl/N-ethyl adjacent to an activating group) is 1. The molecule has 0 amide bonds. The van der Waals surface area contributed by atoms with Crippen molar-refractivity contribution in [3.05, 3.63) is 52.2 Å². The van der Waals surface area contributed by atoms with Gasteiger partial charge in [-0.2, -0.15) is 0 Å². The Balaban J connectivity index is 1.71. The summed E-state index contributed by atoms with van der Waals surface area (Å²) in [6, 6.07) is 10.9. The standard InChI is InChI=1S/C23H31N5OS/c1-16-17(2)30-23-21(16)22(25-20(26-23)15-28-10-12-29-13-11-28)24-19(14-27(3)4)18-8-6-5-7-9-18/h5-9,19H,10-15H2,1-4H3,(H,24,25,26)/p+2/t19-/m1/s1. The zero-order valence-electron chi connectivity index (χ0n) is 18.4. The van der Waals surface area contributed by atoms with Crippen molar-refractivity contribution in [3.63, 3.8) is 0 Å². The Morgan fingerprint density at radius 3 is 2.57 bits per heavy atom. The summed E-state index contributed by atoms with van der Waals surface area (Å²) in [5, 5.41) is 4.98. The first kappa shape index (κ1) is 21.2. The molecule has 6 nitrogen and oxygen atoms in total. The van der Waals surface area contributed by atoms with Crippen molar-refractivity contribution >= 4 is 27.4 Å². The van der Waals surface area contributed by atoms with Crippen molar-refractivity contribution in [2.24, 2.45) is 0 Å². The molecule has 3 heterocycles. The van der Waals surface area contributed by atoms with Crippen LogP contribution in [0.5, 0.6) is 0 Å². The highest BCUT2D eigenvalue weighted by atomic mass is 32.1. The van der Waals surface area contributed by atoms with E-state index in [0.29, 0.717) is 0 Å². The molecule has 1 aliphatic rings. The minimum Gasteiger partial charge on any atom is -0.370 e. The molecule has 7 heteroatoms. The summed E-state index contributed by atoms with van der Waals surface area (Å²) in [6.45, 7) is 9.86. The van der Waals surface area contributed by atoms with Gasteiger partial charge in [0.1, 0.15) is 42.9 Å². The fraction of sp³-hybridized carbons (Fsp3) is 0.478. The number of nitrogens with one attached hydrogen (secondary N) is 3. The summed E-state index contributed by atoms with van der Waals surface area (Å²) in [5.74, 6) is 1.90. The number of thiophene rings is 1. The van der Waals surface area contributed by atoms with Crippen LogP contribution >= 0.6 is 11.3 Å². The number of morpholine rings is 1. The summed E-state index contributed by atoms with van der Waals surface area (Å²) in [4.78, 5) is 15.3. The second-order valence-electron chi connectivity index (χ2n) is 8.51. The average molecular weight is 428 g/mol. The van der Waals surface area contributed by atoms with E-state index in [-0.39, 0.29) is 6.04 Å². The Hall–Kier alpha value is -2.06. The second-order valence-corrected chi connectivity index (χ2v) is 9.71. The molecule has 1 aliphatic heterocycles. The van der Waals surface area contributed by atoms with Crippen LogP contribution in [0.1, 0.15) is 27.9 Å². The van der Waals surface area contributed by atoms with E-state index in [1.165, 1.54) is 31.2 Å². The van der Waals surface area contributed by atoms with E-state index in [2.05, 4.69) is 63.6 Å². The van der Waals surface area contributed by atoms with Crippen LogP contribution in [0.25, 0.3) is 10.2 Å². The molecular weight excluding hydrogens is 394 g/mol. The fourth-order valence-corrected chi connectivity index (χ4v) is 5.10. The molecule has 0 spiro atoms. The number of hydrogen-bond acceptors (Lipinski definition) is 5.